The van der Waals surface area contributed by atoms with Crippen LogP contribution in [0.3, 0.4) is 0 Å². The molecule has 0 spiro atoms. The highest BCUT2D eigenvalue weighted by atomic mass is 16.5. The van der Waals surface area contributed by atoms with E-state index < -0.39 is 6.71 Å². The van der Waals surface area contributed by atoms with Gasteiger partial charge in [0.05, 0.1) is 39.1 Å². The molecule has 6 nitrogen and oxygen atoms in total. The van der Waals surface area contributed by atoms with Crippen molar-refractivity contribution < 1.29 is 9.47 Å². The Morgan fingerprint density at radius 2 is 0.629 bits per heavy atom. The summed E-state index contributed by atoms with van der Waals surface area (Å²) in [5.41, 5.74) is 35.5. The van der Waals surface area contributed by atoms with Gasteiger partial charge in [-0.1, -0.05) is 342 Å². The van der Waals surface area contributed by atoms with Crippen LogP contribution >= 0.6 is 0 Å². The lowest BCUT2D eigenvalue weighted by molar-refractivity contribution is 0.464. The second kappa shape index (κ2) is 27.8. The summed E-state index contributed by atoms with van der Waals surface area (Å²) in [6.45, 7) is 55.8. The fraction of sp³-hybridized carbons (Fsp3) is 0.276. The summed E-state index contributed by atoms with van der Waals surface area (Å²) in [5.74, 6) is 3.25. The van der Waals surface area contributed by atoms with Crippen molar-refractivity contribution in [3.63, 3.8) is 0 Å². The zero-order valence-corrected chi connectivity index (χ0v) is 77.2. The first-order chi connectivity index (χ1) is 58.5. The highest BCUT2D eigenvalue weighted by molar-refractivity contribution is 7.03. The molecule has 20 rings (SSSR count). The topological polar surface area (TPSA) is 34.8 Å². The van der Waals surface area contributed by atoms with Crippen LogP contribution in [0.15, 0.2) is 267 Å². The largest absolute Gasteiger partial charge is 0.459 e. The Balaban J connectivity index is 0.959. The second-order valence-electron chi connectivity index (χ2n) is 44.3. The van der Waals surface area contributed by atoms with Crippen LogP contribution in [0.5, 0.6) is 23.0 Å². The van der Waals surface area contributed by atoms with Crippen LogP contribution in [0.1, 0.15) is 211 Å². The maximum absolute atomic E-state index is 8.40. The van der Waals surface area contributed by atoms with Gasteiger partial charge in [-0.15, -0.1) is 0 Å². The molecule has 0 fully saturated rings. The van der Waals surface area contributed by atoms with E-state index in [-0.39, 0.29) is 50.0 Å². The number of nitrogens with zero attached hydrogens (tertiary/aromatic N) is 4. The maximum Gasteiger partial charge on any atom is 0.260 e. The summed E-state index contributed by atoms with van der Waals surface area (Å²) in [6, 6.07) is 104. The van der Waals surface area contributed by atoms with Gasteiger partial charge in [0.25, 0.3) is 13.4 Å². The van der Waals surface area contributed by atoms with Crippen molar-refractivity contribution in [1.82, 2.24) is 9.13 Å². The van der Waals surface area contributed by atoms with Gasteiger partial charge in [0, 0.05) is 72.6 Å². The van der Waals surface area contributed by atoms with Gasteiger partial charge in [0.1, 0.15) is 23.0 Å². The molecule has 0 aliphatic carbocycles. The van der Waals surface area contributed by atoms with Crippen LogP contribution < -0.4 is 52.1 Å². The molecule has 618 valence electrons. The molecule has 2 aromatic heterocycles. The normalized spacial score (nSPS) is 14.0. The molecular weight excluding hydrogens is 1500 g/mol. The minimum Gasteiger partial charge on any atom is -0.459 e. The lowest BCUT2D eigenvalue weighted by Gasteiger charge is -2.47. The summed E-state index contributed by atoms with van der Waals surface area (Å²) < 4.78 is 21.7. The van der Waals surface area contributed by atoms with Gasteiger partial charge in [-0.25, -0.2) is 0 Å². The van der Waals surface area contributed by atoms with Crippen molar-refractivity contribution in [3.8, 4) is 67.8 Å². The van der Waals surface area contributed by atoms with Crippen molar-refractivity contribution in [2.24, 2.45) is 0 Å². The Kier molecular flexibility index (Phi) is 18.0. The summed E-state index contributed by atoms with van der Waals surface area (Å²) in [6.07, 6.45) is 0. The molecule has 0 saturated carbocycles. The number of benzene rings is 14. The number of fused-ring (bicyclic) bond motifs is 15. The van der Waals surface area contributed by atoms with E-state index >= 15 is 0 Å². The van der Waals surface area contributed by atoms with Crippen molar-refractivity contribution in [3.05, 3.63) is 311 Å². The van der Waals surface area contributed by atoms with E-state index in [2.05, 4.69) is 452 Å². The lowest BCUT2D eigenvalue weighted by atomic mass is 9.30. The number of rotatable bonds is 7. The van der Waals surface area contributed by atoms with E-state index in [9.17, 15) is 0 Å². The number of anilines is 6. The standard InChI is InChI=1S/C116H116B2N4O2/c1-109(2,3)73-47-52-95-86(62-73)87-63-74(110(4,5)6)48-53-96(87)119(95)81-49-51-88-97(67-81)121(91-42-32-28-38-82(91)71-54-76(112(10,11)12)60-77(55-71)113(13,14)15)98-64-80(116(22,23)24)65-99-104(98)118(88)105-100(122(99)92-43-33-29-39-83(92)72-56-78(114(16,17)18)61-79(57-72)115(19,20)21)68-103-106-108(105)123-102-66-75(111(7,8)9)46-50-89(102)117(106)90-58-70(69-36-26-25-27-37-69)59-101(107(90)124-103)120-93-44-34-30-40-84(93)85-41-31-35-45-94(85)120/h25-68H,1-24H3. The third-order valence-corrected chi connectivity index (χ3v) is 27.4. The zero-order valence-electron chi connectivity index (χ0n) is 77.2. The molecule has 4 aliphatic heterocycles. The molecule has 6 heterocycles. The minimum absolute atomic E-state index is 0.0838. The molecule has 0 amide bonds. The Hall–Kier alpha value is -12.0. The third-order valence-electron chi connectivity index (χ3n) is 27.4. The number of ether oxygens (including phenoxy) is 2. The second-order valence-corrected chi connectivity index (χ2v) is 44.3. The summed E-state index contributed by atoms with van der Waals surface area (Å²) in [4.78, 5) is 5.37. The van der Waals surface area contributed by atoms with Crippen LogP contribution in [0.4, 0.5) is 34.1 Å². The molecular formula is C116H116B2N4O2. The van der Waals surface area contributed by atoms with Gasteiger partial charge in [0.2, 0.25) is 0 Å². The van der Waals surface area contributed by atoms with Gasteiger partial charge in [-0.2, -0.15) is 0 Å². The van der Waals surface area contributed by atoms with E-state index in [1.54, 1.807) is 0 Å². The number of hydrogen-bond donors (Lipinski definition) is 0. The fourth-order valence-corrected chi connectivity index (χ4v) is 20.1. The number of para-hydroxylation sites is 4. The molecule has 16 aromatic rings. The first-order valence-electron chi connectivity index (χ1n) is 45.0. The first-order valence-corrected chi connectivity index (χ1v) is 45.0. The van der Waals surface area contributed by atoms with Gasteiger partial charge in [-0.05, 0) is 222 Å². The molecule has 0 N–H and O–H groups in total. The average molecular weight is 1620 g/mol. The number of hydrogen-bond acceptors (Lipinski definition) is 4. The Labute approximate surface area is 736 Å². The van der Waals surface area contributed by atoms with Crippen molar-refractivity contribution >= 4 is 124 Å². The van der Waals surface area contributed by atoms with Gasteiger partial charge in [-0.3, -0.25) is 0 Å². The predicted molar refractivity (Wildman–Crippen MR) is 533 cm³/mol. The van der Waals surface area contributed by atoms with E-state index in [1.807, 2.05) is 0 Å². The fourth-order valence-electron chi connectivity index (χ4n) is 20.1. The van der Waals surface area contributed by atoms with Gasteiger partial charge in [0.15, 0.2) is 0 Å². The molecule has 0 radical (unpaired) electrons. The quantitative estimate of drug-likeness (QED) is 0.149. The van der Waals surface area contributed by atoms with Crippen LogP contribution in [0, 0.1) is 0 Å². The predicted octanol–water partition coefficient (Wildman–Crippen LogP) is 28.1. The monoisotopic (exact) mass is 1620 g/mol. The summed E-state index contributed by atoms with van der Waals surface area (Å²) in [5, 5.41) is 4.87. The van der Waals surface area contributed by atoms with Gasteiger partial charge < -0.3 is 28.4 Å². The lowest BCUT2D eigenvalue weighted by Crippen LogP contribution is -2.65. The van der Waals surface area contributed by atoms with Crippen molar-refractivity contribution in [2.45, 2.75) is 209 Å². The maximum atomic E-state index is 8.40. The van der Waals surface area contributed by atoms with E-state index in [0.717, 1.165) is 124 Å². The molecule has 4 aliphatic rings. The molecule has 124 heavy (non-hydrogen) atoms. The highest BCUT2D eigenvalue weighted by Gasteiger charge is 2.52. The first kappa shape index (κ1) is 80.4. The van der Waals surface area contributed by atoms with E-state index in [4.69, 9.17) is 9.47 Å². The molecule has 14 aromatic carbocycles. The Morgan fingerprint density at radius 1 is 0.218 bits per heavy atom. The summed E-state index contributed by atoms with van der Waals surface area (Å²) in [7, 11) is 0. The van der Waals surface area contributed by atoms with Crippen molar-refractivity contribution in [1.29, 1.82) is 0 Å². The SMILES string of the molecule is CC(C)(C)c1cc(-c2ccccc2N2c3cc(-n4c5ccc(C(C)(C)C)cc5c5cc(C(C)(C)C)ccc54)ccc3B3c4c2cc(C(C)(C)C)cc4N(c2ccccc2-c2cc(C(C)(C)C)cc(C(C)(C)C)c2)c2cc4c5c(c23)Oc2cc(C(C)(C)C)ccc2B5c2cc(-c3ccccc3)cc(-n3c5ccccc5c5ccccc53)c2O4)cc(C(C)(C)C)c1. The zero-order chi connectivity index (χ0) is 87.1. The van der Waals surface area contributed by atoms with E-state index in [1.165, 1.54) is 99.1 Å². The highest BCUT2D eigenvalue weighted by Crippen LogP contribution is 2.55. The molecule has 0 unspecified atom stereocenters. The Bertz CT molecular complexity index is 6960. The molecule has 0 atom stereocenters. The average Bonchev–Trinajstić information content (AvgIpc) is 0.795. The smallest absolute Gasteiger partial charge is 0.260 e. The van der Waals surface area contributed by atoms with E-state index in [0.29, 0.717) is 0 Å². The van der Waals surface area contributed by atoms with Crippen molar-refractivity contribution in [2.75, 3.05) is 9.80 Å². The van der Waals surface area contributed by atoms with Crippen LogP contribution in [-0.2, 0) is 43.3 Å². The van der Waals surface area contributed by atoms with Crippen LogP contribution in [0.25, 0.3) is 88.4 Å². The molecule has 8 heteroatoms. The van der Waals surface area contributed by atoms with Crippen LogP contribution in [0.2, 0.25) is 0 Å². The van der Waals surface area contributed by atoms with Crippen LogP contribution in [-0.4, -0.2) is 22.6 Å². The van der Waals surface area contributed by atoms with Gasteiger partial charge >= 0.3 is 0 Å². The Morgan fingerprint density at radius 3 is 1.13 bits per heavy atom. The molecule has 0 bridgehead atoms. The minimum atomic E-state index is -0.432. The third kappa shape index (κ3) is 13.1. The number of aromatic nitrogens is 2. The summed E-state index contributed by atoms with van der Waals surface area (Å²) >= 11 is 0. The molecule has 0 saturated heterocycles.